The number of fused-ring (bicyclic) bond motifs is 2. The third kappa shape index (κ3) is 1.21. The van der Waals surface area contributed by atoms with Gasteiger partial charge in [0, 0.05) is 18.5 Å². The Morgan fingerprint density at radius 3 is 2.11 bits per heavy atom. The van der Waals surface area contributed by atoms with Crippen LogP contribution in [0.25, 0.3) is 0 Å². The summed E-state index contributed by atoms with van der Waals surface area (Å²) in [5.74, 6) is -0.230. The summed E-state index contributed by atoms with van der Waals surface area (Å²) < 4.78 is 5.58. The topological polar surface area (TPSA) is 46.6 Å². The van der Waals surface area contributed by atoms with E-state index < -0.39 is 16.4 Å². The molecule has 102 valence electrons. The Morgan fingerprint density at radius 1 is 1.22 bits per heavy atom. The monoisotopic (exact) mass is 253 g/mol. The van der Waals surface area contributed by atoms with Crippen molar-refractivity contribution >= 4 is 11.9 Å². The molecular formula is C14H23NO3. The second kappa shape index (κ2) is 3.72. The van der Waals surface area contributed by atoms with Gasteiger partial charge in [0.25, 0.3) is 5.91 Å². The summed E-state index contributed by atoms with van der Waals surface area (Å²) in [4.78, 5) is 26.6. The summed E-state index contributed by atoms with van der Waals surface area (Å²) in [7, 11) is 0. The van der Waals surface area contributed by atoms with E-state index in [4.69, 9.17) is 4.74 Å². The Morgan fingerprint density at radius 2 is 1.78 bits per heavy atom. The lowest BCUT2D eigenvalue weighted by atomic mass is 9.66. The van der Waals surface area contributed by atoms with Crippen molar-refractivity contribution in [3.63, 3.8) is 0 Å². The predicted molar refractivity (Wildman–Crippen MR) is 67.9 cm³/mol. The quantitative estimate of drug-likeness (QED) is 0.722. The van der Waals surface area contributed by atoms with E-state index in [0.29, 0.717) is 19.5 Å². The van der Waals surface area contributed by atoms with E-state index in [0.717, 1.165) is 6.42 Å². The molecule has 2 bridgehead atoms. The van der Waals surface area contributed by atoms with Gasteiger partial charge in [-0.1, -0.05) is 13.8 Å². The molecule has 2 rings (SSSR count). The molecule has 4 nitrogen and oxygen atoms in total. The van der Waals surface area contributed by atoms with Gasteiger partial charge in [-0.2, -0.15) is 0 Å². The van der Waals surface area contributed by atoms with Crippen molar-refractivity contribution < 1.29 is 14.3 Å². The Balaban J connectivity index is 2.44. The minimum Gasteiger partial charge on any atom is -0.448 e. The first kappa shape index (κ1) is 13.4. The van der Waals surface area contributed by atoms with Crippen LogP contribution >= 0.6 is 0 Å². The Hall–Kier alpha value is -1.06. The maximum absolute atomic E-state index is 12.7. The molecule has 1 aliphatic heterocycles. The van der Waals surface area contributed by atoms with Gasteiger partial charge in [-0.15, -0.1) is 0 Å². The average Bonchev–Trinajstić information content (AvgIpc) is 2.61. The molecule has 1 saturated carbocycles. The van der Waals surface area contributed by atoms with Gasteiger partial charge in [-0.05, 0) is 33.6 Å². The lowest BCUT2D eigenvalue weighted by Gasteiger charge is -2.38. The lowest BCUT2D eigenvalue weighted by molar-refractivity contribution is -0.173. The molecule has 0 aromatic carbocycles. The molecule has 0 unspecified atom stereocenters. The van der Waals surface area contributed by atoms with E-state index >= 15 is 0 Å². The molecule has 2 aliphatic rings. The van der Waals surface area contributed by atoms with Gasteiger partial charge in [0.2, 0.25) is 0 Å². The van der Waals surface area contributed by atoms with Crippen molar-refractivity contribution in [3.05, 3.63) is 0 Å². The summed E-state index contributed by atoms with van der Waals surface area (Å²) in [5, 5.41) is 0. The second-order valence-electron chi connectivity index (χ2n) is 6.15. The molecule has 0 aromatic heterocycles. The molecule has 1 heterocycles. The number of hydrogen-bond donors (Lipinski definition) is 0. The van der Waals surface area contributed by atoms with Crippen LogP contribution in [0.15, 0.2) is 0 Å². The van der Waals surface area contributed by atoms with Crippen LogP contribution < -0.4 is 0 Å². The van der Waals surface area contributed by atoms with Crippen LogP contribution in [0.3, 0.4) is 0 Å². The Kier molecular flexibility index (Phi) is 2.76. The molecule has 0 spiro atoms. The first-order valence-corrected chi connectivity index (χ1v) is 6.79. The average molecular weight is 253 g/mol. The van der Waals surface area contributed by atoms with Gasteiger partial charge in [0.1, 0.15) is 0 Å². The minimum absolute atomic E-state index is 0.0212. The van der Waals surface area contributed by atoms with Gasteiger partial charge in [-0.25, -0.2) is 0 Å². The number of likely N-dealkylation sites (N-methyl/N-ethyl adjacent to an activating group) is 1. The number of ether oxygens (including phenoxy) is 1. The highest BCUT2D eigenvalue weighted by Gasteiger charge is 2.76. The maximum atomic E-state index is 12.7. The first-order valence-electron chi connectivity index (χ1n) is 6.79. The number of carbonyl (C=O) groups excluding carboxylic acids is 2. The van der Waals surface area contributed by atoms with Crippen molar-refractivity contribution in [1.29, 1.82) is 0 Å². The first-order chi connectivity index (χ1) is 8.27. The Labute approximate surface area is 109 Å². The van der Waals surface area contributed by atoms with Crippen LogP contribution in [0, 0.1) is 10.8 Å². The van der Waals surface area contributed by atoms with Crippen LogP contribution in [0.5, 0.6) is 0 Å². The number of nitrogens with zero attached hydrogens (tertiary/aromatic N) is 1. The standard InChI is InChI=1S/C14H23NO3/c1-6-15(7-2)10(16)14-9-8-13(5,11(17)18-14)12(14,3)4/h6-9H2,1-5H3/t13-,14-/m0/s1. The number of hydrogen-bond acceptors (Lipinski definition) is 3. The third-order valence-corrected chi connectivity index (χ3v) is 5.48. The van der Waals surface area contributed by atoms with Gasteiger partial charge in [0.05, 0.1) is 5.41 Å². The normalized spacial score (nSPS) is 36.6. The van der Waals surface area contributed by atoms with Crippen molar-refractivity contribution in [3.8, 4) is 0 Å². The largest absolute Gasteiger partial charge is 0.448 e. The fraction of sp³-hybridized carbons (Fsp3) is 0.857. The molecule has 2 atom stereocenters. The minimum atomic E-state index is -0.940. The molecule has 1 aliphatic carbocycles. The lowest BCUT2D eigenvalue weighted by Crippen LogP contribution is -2.54. The zero-order valence-electron chi connectivity index (χ0n) is 12.0. The molecule has 0 radical (unpaired) electrons. The highest BCUT2D eigenvalue weighted by molar-refractivity contribution is 5.96. The van der Waals surface area contributed by atoms with Crippen molar-refractivity contribution in [2.45, 2.75) is 53.1 Å². The Bertz CT molecular complexity index is 400. The van der Waals surface area contributed by atoms with Crippen LogP contribution in [-0.2, 0) is 14.3 Å². The molecule has 1 saturated heterocycles. The smallest absolute Gasteiger partial charge is 0.313 e. The zero-order valence-corrected chi connectivity index (χ0v) is 12.0. The zero-order chi connectivity index (χ0) is 13.8. The van der Waals surface area contributed by atoms with Gasteiger partial charge >= 0.3 is 5.97 Å². The summed E-state index contributed by atoms with van der Waals surface area (Å²) in [6.07, 6.45) is 1.39. The van der Waals surface area contributed by atoms with E-state index in [1.165, 1.54) is 0 Å². The van der Waals surface area contributed by atoms with Gasteiger partial charge < -0.3 is 9.64 Å². The van der Waals surface area contributed by atoms with E-state index in [-0.39, 0.29) is 11.9 Å². The molecule has 1 amide bonds. The number of amides is 1. The van der Waals surface area contributed by atoms with Crippen LogP contribution in [0.1, 0.15) is 47.5 Å². The van der Waals surface area contributed by atoms with Crippen LogP contribution in [0.4, 0.5) is 0 Å². The summed E-state index contributed by atoms with van der Waals surface area (Å²) >= 11 is 0. The predicted octanol–water partition coefficient (Wildman–Crippen LogP) is 1.98. The highest BCUT2D eigenvalue weighted by atomic mass is 16.6. The van der Waals surface area contributed by atoms with Crippen molar-refractivity contribution in [2.24, 2.45) is 10.8 Å². The summed E-state index contributed by atoms with van der Waals surface area (Å²) in [6.45, 7) is 11.1. The summed E-state index contributed by atoms with van der Waals surface area (Å²) in [6, 6.07) is 0. The third-order valence-electron chi connectivity index (χ3n) is 5.48. The SMILES string of the molecule is CCN(CC)C(=O)[C@]12CC[C@@](C)(C(=O)O1)C2(C)C. The molecular weight excluding hydrogens is 230 g/mol. The highest BCUT2D eigenvalue weighted by Crippen LogP contribution is 2.65. The number of esters is 1. The maximum Gasteiger partial charge on any atom is 0.313 e. The van der Waals surface area contributed by atoms with Crippen molar-refractivity contribution in [2.75, 3.05) is 13.1 Å². The van der Waals surface area contributed by atoms with E-state index in [2.05, 4.69) is 0 Å². The molecule has 4 heteroatoms. The van der Waals surface area contributed by atoms with Crippen molar-refractivity contribution in [1.82, 2.24) is 4.90 Å². The fourth-order valence-corrected chi connectivity index (χ4v) is 3.49. The van der Waals surface area contributed by atoms with Crippen LogP contribution in [-0.4, -0.2) is 35.5 Å². The number of carbonyl (C=O) groups is 2. The van der Waals surface area contributed by atoms with E-state index in [1.807, 2.05) is 34.6 Å². The van der Waals surface area contributed by atoms with Gasteiger partial charge in [-0.3, -0.25) is 9.59 Å². The molecule has 18 heavy (non-hydrogen) atoms. The van der Waals surface area contributed by atoms with Crippen LogP contribution in [0.2, 0.25) is 0 Å². The molecule has 0 aromatic rings. The fourth-order valence-electron chi connectivity index (χ4n) is 3.49. The van der Waals surface area contributed by atoms with E-state index in [9.17, 15) is 9.59 Å². The molecule has 2 fully saturated rings. The van der Waals surface area contributed by atoms with E-state index in [1.54, 1.807) is 4.90 Å². The van der Waals surface area contributed by atoms with Gasteiger partial charge in [0.15, 0.2) is 5.60 Å². The number of rotatable bonds is 3. The molecule has 0 N–H and O–H groups in total. The summed E-state index contributed by atoms with van der Waals surface area (Å²) in [5.41, 5.74) is -1.89. The second-order valence-corrected chi connectivity index (χ2v) is 6.15.